The minimum absolute atomic E-state index is 0. The third kappa shape index (κ3) is 4.84. The standard InChI is InChI=1S/C19H28NO2S.ClH/c1-20(2)12-10-16(11-13-20)22-19(21)18(17-9-6-14-23-17)15-7-4-3-5-8-15;/h4,6-7,9,14-16,18H,3,5,8,10-13H2,1-2H3;1H/q+1;/p-1. The lowest BCUT2D eigenvalue weighted by Crippen LogP contribution is -3.00. The van der Waals surface area contributed by atoms with Crippen molar-refractivity contribution >= 4 is 17.3 Å². The first-order valence-corrected chi connectivity index (χ1v) is 9.66. The average Bonchev–Trinajstić information content (AvgIpc) is 3.05. The molecule has 3 nitrogen and oxygen atoms in total. The summed E-state index contributed by atoms with van der Waals surface area (Å²) in [6.45, 7) is 2.18. The summed E-state index contributed by atoms with van der Waals surface area (Å²) in [4.78, 5) is 14.1. The van der Waals surface area contributed by atoms with Gasteiger partial charge >= 0.3 is 5.97 Å². The second kappa shape index (κ2) is 8.50. The maximum Gasteiger partial charge on any atom is 0.315 e. The number of piperidine rings is 1. The molecule has 2 unspecified atom stereocenters. The van der Waals surface area contributed by atoms with Crippen LogP contribution in [0, 0.1) is 5.92 Å². The molecule has 0 aromatic carbocycles. The molecule has 1 aliphatic carbocycles. The highest BCUT2D eigenvalue weighted by molar-refractivity contribution is 7.10. The van der Waals surface area contributed by atoms with Gasteiger partial charge in [-0.05, 0) is 36.6 Å². The SMILES string of the molecule is C[N+]1(C)CCC(OC(=O)C(c2cccs2)C2C=CCCC2)CC1.[Cl-]. The first-order chi connectivity index (χ1) is 11.1. The Morgan fingerprint density at radius 3 is 2.62 bits per heavy atom. The number of carbonyl (C=O) groups is 1. The smallest absolute Gasteiger partial charge is 0.315 e. The van der Waals surface area contributed by atoms with Gasteiger partial charge in [0.25, 0.3) is 0 Å². The first kappa shape index (κ1) is 19.5. The molecule has 0 spiro atoms. The molecule has 0 amide bonds. The Kier molecular flexibility index (Phi) is 6.90. The molecule has 1 aromatic heterocycles. The van der Waals surface area contributed by atoms with Crippen LogP contribution in [0.2, 0.25) is 0 Å². The maximum atomic E-state index is 12.9. The lowest BCUT2D eigenvalue weighted by Gasteiger charge is -2.37. The quantitative estimate of drug-likeness (QED) is 0.449. The summed E-state index contributed by atoms with van der Waals surface area (Å²) in [6, 6.07) is 4.12. The second-order valence-corrected chi connectivity index (χ2v) is 8.51. The van der Waals surface area contributed by atoms with Crippen molar-refractivity contribution in [2.45, 2.75) is 44.1 Å². The Balaban J connectivity index is 0.00000208. The van der Waals surface area contributed by atoms with Gasteiger partial charge in [-0.3, -0.25) is 4.79 Å². The number of esters is 1. The van der Waals surface area contributed by atoms with Gasteiger partial charge in [0.1, 0.15) is 6.10 Å². The fourth-order valence-corrected chi connectivity index (χ4v) is 4.57. The van der Waals surface area contributed by atoms with E-state index < -0.39 is 0 Å². The van der Waals surface area contributed by atoms with E-state index in [1.165, 1.54) is 6.42 Å². The number of allylic oxidation sites excluding steroid dienone is 2. The van der Waals surface area contributed by atoms with Crippen molar-refractivity contribution < 1.29 is 26.4 Å². The van der Waals surface area contributed by atoms with Crippen LogP contribution in [0.25, 0.3) is 0 Å². The highest BCUT2D eigenvalue weighted by Gasteiger charge is 2.35. The summed E-state index contributed by atoms with van der Waals surface area (Å²) in [5.74, 6) is 0.169. The Hall–Kier alpha value is -0.840. The number of carbonyl (C=O) groups excluding carboxylic acids is 1. The van der Waals surface area contributed by atoms with Gasteiger partial charge in [-0.2, -0.15) is 0 Å². The largest absolute Gasteiger partial charge is 1.00 e. The molecular weight excluding hydrogens is 342 g/mol. The second-order valence-electron chi connectivity index (χ2n) is 7.54. The van der Waals surface area contributed by atoms with Gasteiger partial charge in [-0.25, -0.2) is 0 Å². The van der Waals surface area contributed by atoms with E-state index in [2.05, 4.69) is 37.7 Å². The van der Waals surface area contributed by atoms with Crippen LogP contribution in [0.5, 0.6) is 0 Å². The van der Waals surface area contributed by atoms with E-state index >= 15 is 0 Å². The lowest BCUT2D eigenvalue weighted by molar-refractivity contribution is -0.896. The molecule has 0 bridgehead atoms. The van der Waals surface area contributed by atoms with Crippen molar-refractivity contribution in [3.8, 4) is 0 Å². The zero-order chi connectivity index (χ0) is 16.3. The molecule has 2 heterocycles. The molecule has 1 fully saturated rings. The molecule has 2 atom stereocenters. The summed E-state index contributed by atoms with van der Waals surface area (Å²) in [7, 11) is 4.50. The number of halogens is 1. The average molecular weight is 370 g/mol. The molecule has 24 heavy (non-hydrogen) atoms. The summed E-state index contributed by atoms with van der Waals surface area (Å²) in [5, 5.41) is 2.06. The molecule has 0 N–H and O–H groups in total. The van der Waals surface area contributed by atoms with Gasteiger partial charge in [0.2, 0.25) is 0 Å². The van der Waals surface area contributed by atoms with Crippen LogP contribution in [-0.2, 0) is 9.53 Å². The van der Waals surface area contributed by atoms with E-state index in [0.717, 1.165) is 48.1 Å². The molecule has 1 aliphatic heterocycles. The van der Waals surface area contributed by atoms with Crippen molar-refractivity contribution in [3.05, 3.63) is 34.5 Å². The van der Waals surface area contributed by atoms with E-state index in [1.807, 2.05) is 6.07 Å². The predicted octanol–water partition coefficient (Wildman–Crippen LogP) is 0.974. The van der Waals surface area contributed by atoms with Crippen LogP contribution >= 0.6 is 11.3 Å². The Morgan fingerprint density at radius 2 is 2.04 bits per heavy atom. The van der Waals surface area contributed by atoms with Crippen LogP contribution in [0.15, 0.2) is 29.7 Å². The molecule has 3 rings (SSSR count). The number of ether oxygens (including phenoxy) is 1. The third-order valence-electron chi connectivity index (χ3n) is 5.22. The highest BCUT2D eigenvalue weighted by Crippen LogP contribution is 2.36. The van der Waals surface area contributed by atoms with Gasteiger partial charge in [-0.1, -0.05) is 18.2 Å². The summed E-state index contributed by atoms with van der Waals surface area (Å²) in [6.07, 6.45) is 9.92. The molecule has 0 radical (unpaired) electrons. The Labute approximate surface area is 155 Å². The summed E-state index contributed by atoms with van der Waals surface area (Å²) >= 11 is 1.68. The number of hydrogen-bond acceptors (Lipinski definition) is 3. The molecule has 0 saturated carbocycles. The van der Waals surface area contributed by atoms with Crippen LogP contribution in [0.4, 0.5) is 0 Å². The van der Waals surface area contributed by atoms with Crippen LogP contribution < -0.4 is 12.4 Å². The number of quaternary nitrogens is 1. The van der Waals surface area contributed by atoms with Gasteiger partial charge in [0.15, 0.2) is 0 Å². The molecule has 2 aliphatic rings. The fraction of sp³-hybridized carbons (Fsp3) is 0.632. The summed E-state index contributed by atoms with van der Waals surface area (Å²) in [5.41, 5.74) is 0. The van der Waals surface area contributed by atoms with Gasteiger partial charge in [-0.15, -0.1) is 11.3 Å². The highest BCUT2D eigenvalue weighted by atomic mass is 35.5. The predicted molar refractivity (Wildman–Crippen MR) is 94.5 cm³/mol. The summed E-state index contributed by atoms with van der Waals surface area (Å²) < 4.78 is 6.98. The van der Waals surface area contributed by atoms with Gasteiger partial charge in [0.05, 0.1) is 33.1 Å². The van der Waals surface area contributed by atoms with E-state index in [4.69, 9.17) is 4.74 Å². The van der Waals surface area contributed by atoms with E-state index in [1.54, 1.807) is 11.3 Å². The minimum atomic E-state index is -0.115. The van der Waals surface area contributed by atoms with Gasteiger partial charge in [0, 0.05) is 17.7 Å². The molecular formula is C19H28ClNO2S. The monoisotopic (exact) mass is 369 g/mol. The molecule has 1 aromatic rings. The molecule has 134 valence electrons. The van der Waals surface area contributed by atoms with Crippen LogP contribution in [0.3, 0.4) is 0 Å². The number of rotatable bonds is 4. The van der Waals surface area contributed by atoms with Gasteiger partial charge < -0.3 is 21.6 Å². The van der Waals surface area contributed by atoms with Crippen molar-refractivity contribution in [1.29, 1.82) is 0 Å². The van der Waals surface area contributed by atoms with Crippen molar-refractivity contribution in [1.82, 2.24) is 0 Å². The number of thiophene rings is 1. The van der Waals surface area contributed by atoms with E-state index in [-0.39, 0.29) is 30.4 Å². The maximum absolute atomic E-state index is 12.9. The minimum Gasteiger partial charge on any atom is -1.00 e. The topological polar surface area (TPSA) is 26.3 Å². The number of hydrogen-bond donors (Lipinski definition) is 0. The first-order valence-electron chi connectivity index (χ1n) is 8.78. The normalized spacial score (nSPS) is 24.8. The van der Waals surface area contributed by atoms with Crippen LogP contribution in [0.1, 0.15) is 42.9 Å². The Bertz CT molecular complexity index is 546. The van der Waals surface area contributed by atoms with E-state index in [9.17, 15) is 4.79 Å². The zero-order valence-corrected chi connectivity index (χ0v) is 16.2. The third-order valence-corrected chi connectivity index (χ3v) is 6.17. The van der Waals surface area contributed by atoms with Crippen molar-refractivity contribution in [3.63, 3.8) is 0 Å². The zero-order valence-electron chi connectivity index (χ0n) is 14.6. The Morgan fingerprint density at radius 1 is 1.29 bits per heavy atom. The van der Waals surface area contributed by atoms with E-state index in [0.29, 0.717) is 5.92 Å². The molecule has 5 heteroatoms. The number of nitrogens with zero attached hydrogens (tertiary/aromatic N) is 1. The van der Waals surface area contributed by atoms with Crippen molar-refractivity contribution in [2.75, 3.05) is 27.2 Å². The molecule has 1 saturated heterocycles. The van der Waals surface area contributed by atoms with Crippen molar-refractivity contribution in [2.24, 2.45) is 5.92 Å². The fourth-order valence-electron chi connectivity index (χ4n) is 3.69. The van der Waals surface area contributed by atoms with Crippen LogP contribution in [-0.4, -0.2) is 43.7 Å². The lowest BCUT2D eigenvalue weighted by atomic mass is 9.83. The number of likely N-dealkylation sites (tertiary alicyclic amines) is 1.